The average molecular weight is 415 g/mol. The average Bonchev–Trinajstić information content (AvgIpc) is 2.68. The third kappa shape index (κ3) is 7.48. The van der Waals surface area contributed by atoms with Crippen LogP contribution in [0.2, 0.25) is 0 Å². The molecule has 1 heterocycles. The minimum absolute atomic E-state index is 0.604. The van der Waals surface area contributed by atoms with Gasteiger partial charge in [0.2, 0.25) is 5.52 Å². The second-order valence-electron chi connectivity index (χ2n) is 7.10. The Kier molecular flexibility index (Phi) is 8.61. The van der Waals surface area contributed by atoms with Crippen molar-refractivity contribution in [3.05, 3.63) is 60.8 Å². The molecule has 0 amide bonds. The molecule has 0 spiro atoms. The quantitative estimate of drug-likeness (QED) is 0.351. The van der Waals surface area contributed by atoms with E-state index in [0.29, 0.717) is 6.26 Å². The Bertz CT molecular complexity index is 1010. The molecule has 0 radical (unpaired) electrons. The van der Waals surface area contributed by atoms with Gasteiger partial charge in [-0.15, -0.1) is 0 Å². The zero-order valence-electron chi connectivity index (χ0n) is 17.4. The van der Waals surface area contributed by atoms with E-state index >= 15 is 0 Å². The minimum atomic E-state index is -3.92. The first-order valence-electron chi connectivity index (χ1n) is 9.92. The molecular formula is C23H30N2O3S. The number of aryl methyl sites for hydroxylation is 1. The van der Waals surface area contributed by atoms with E-state index in [2.05, 4.69) is 84.6 Å². The maximum absolute atomic E-state index is 9.08. The summed E-state index contributed by atoms with van der Waals surface area (Å²) >= 11 is 0. The predicted molar refractivity (Wildman–Crippen MR) is 119 cm³/mol. The van der Waals surface area contributed by atoms with E-state index in [1.165, 1.54) is 53.4 Å². The SMILES string of the molecule is CCCCCCNc1cc[n+](C)c2c(-c3ccccc3)cccc12.CS(=O)(=O)[O-]. The van der Waals surface area contributed by atoms with Crippen LogP contribution in [0.5, 0.6) is 0 Å². The highest BCUT2D eigenvalue weighted by Gasteiger charge is 2.15. The summed E-state index contributed by atoms with van der Waals surface area (Å²) in [4.78, 5) is 0. The van der Waals surface area contributed by atoms with Gasteiger partial charge >= 0.3 is 0 Å². The molecule has 29 heavy (non-hydrogen) atoms. The predicted octanol–water partition coefficient (Wildman–Crippen LogP) is 4.48. The molecule has 0 saturated heterocycles. The summed E-state index contributed by atoms with van der Waals surface area (Å²) in [5.74, 6) is 0. The molecular weight excluding hydrogens is 384 g/mol. The lowest BCUT2D eigenvalue weighted by molar-refractivity contribution is -0.644. The number of nitrogens with one attached hydrogen (secondary N) is 1. The molecule has 1 aromatic heterocycles. The van der Waals surface area contributed by atoms with E-state index in [-0.39, 0.29) is 0 Å². The van der Waals surface area contributed by atoms with Crippen LogP contribution in [-0.4, -0.2) is 25.8 Å². The number of aromatic nitrogens is 1. The first kappa shape index (κ1) is 22.8. The maximum Gasteiger partial charge on any atom is 0.222 e. The van der Waals surface area contributed by atoms with Crippen molar-refractivity contribution in [1.29, 1.82) is 0 Å². The number of fused-ring (bicyclic) bond motifs is 1. The Morgan fingerprint density at radius 3 is 2.31 bits per heavy atom. The monoisotopic (exact) mass is 414 g/mol. The number of anilines is 1. The molecule has 2 aromatic carbocycles. The van der Waals surface area contributed by atoms with Crippen molar-refractivity contribution >= 4 is 26.7 Å². The highest BCUT2D eigenvalue weighted by molar-refractivity contribution is 7.84. The van der Waals surface area contributed by atoms with E-state index in [0.717, 1.165) is 6.54 Å². The van der Waals surface area contributed by atoms with Crippen molar-refractivity contribution in [2.45, 2.75) is 32.6 Å². The summed E-state index contributed by atoms with van der Waals surface area (Å²) in [6.45, 7) is 3.29. The molecule has 156 valence electrons. The zero-order chi connectivity index (χ0) is 21.3. The van der Waals surface area contributed by atoms with Crippen molar-refractivity contribution in [3.8, 4) is 11.1 Å². The van der Waals surface area contributed by atoms with Gasteiger partial charge in [-0.2, -0.15) is 0 Å². The van der Waals surface area contributed by atoms with Crippen LogP contribution in [0, 0.1) is 0 Å². The summed E-state index contributed by atoms with van der Waals surface area (Å²) < 4.78 is 29.5. The van der Waals surface area contributed by atoms with E-state index in [9.17, 15) is 0 Å². The Morgan fingerprint density at radius 2 is 1.66 bits per heavy atom. The molecule has 0 bridgehead atoms. The molecule has 0 saturated carbocycles. The normalized spacial score (nSPS) is 11.0. The fourth-order valence-electron chi connectivity index (χ4n) is 3.27. The lowest BCUT2D eigenvalue weighted by Crippen LogP contribution is -2.29. The molecule has 0 aliphatic rings. The number of hydrogen-bond acceptors (Lipinski definition) is 4. The van der Waals surface area contributed by atoms with Gasteiger partial charge in [0, 0.05) is 18.9 Å². The fraction of sp³-hybridized carbons (Fsp3) is 0.348. The van der Waals surface area contributed by atoms with E-state index < -0.39 is 10.1 Å². The molecule has 6 heteroatoms. The smallest absolute Gasteiger partial charge is 0.222 e. The van der Waals surface area contributed by atoms with Crippen LogP contribution < -0.4 is 9.88 Å². The first-order chi connectivity index (χ1) is 13.8. The van der Waals surface area contributed by atoms with Gasteiger partial charge in [-0.1, -0.05) is 62.6 Å². The van der Waals surface area contributed by atoms with Gasteiger partial charge < -0.3 is 9.87 Å². The third-order valence-corrected chi connectivity index (χ3v) is 4.57. The molecule has 0 aliphatic carbocycles. The number of nitrogens with zero attached hydrogens (tertiary/aromatic N) is 1. The van der Waals surface area contributed by atoms with Crippen LogP contribution in [0.1, 0.15) is 32.6 Å². The molecule has 0 aliphatic heterocycles. The van der Waals surface area contributed by atoms with Crippen molar-refractivity contribution in [2.24, 2.45) is 7.05 Å². The topological polar surface area (TPSA) is 73.1 Å². The lowest BCUT2D eigenvalue weighted by Gasteiger charge is -2.11. The van der Waals surface area contributed by atoms with Gasteiger partial charge in [0.25, 0.3) is 0 Å². The number of hydrogen-bond donors (Lipinski definition) is 1. The molecule has 0 fully saturated rings. The standard InChI is InChI=1S/C22H26N2.CH4O3S/c1-3-4-5-9-16-23-21-15-17-24(2)22-19(13-10-14-20(21)22)18-11-7-6-8-12-18;1-5(2,3)4/h6-8,10-15,17H,3-5,9,16H2,1-2H3;1H3,(H,2,3,4). The van der Waals surface area contributed by atoms with Crippen LogP contribution in [0.3, 0.4) is 0 Å². The molecule has 5 nitrogen and oxygen atoms in total. The van der Waals surface area contributed by atoms with Gasteiger partial charge in [-0.05, 0) is 24.1 Å². The summed E-state index contributed by atoms with van der Waals surface area (Å²) in [5.41, 5.74) is 5.06. The van der Waals surface area contributed by atoms with Gasteiger partial charge in [-0.3, -0.25) is 0 Å². The molecule has 3 aromatic rings. The highest BCUT2D eigenvalue weighted by Crippen LogP contribution is 2.29. The Balaban J connectivity index is 0.000000537. The molecule has 3 rings (SSSR count). The zero-order valence-corrected chi connectivity index (χ0v) is 18.2. The summed E-state index contributed by atoms with van der Waals surface area (Å²) in [7, 11) is -1.79. The van der Waals surface area contributed by atoms with Crippen molar-refractivity contribution in [2.75, 3.05) is 18.1 Å². The van der Waals surface area contributed by atoms with Crippen LogP contribution in [0.25, 0.3) is 22.0 Å². The number of para-hydroxylation sites is 1. The number of pyridine rings is 1. The van der Waals surface area contributed by atoms with Gasteiger partial charge in [-0.25, -0.2) is 13.0 Å². The molecule has 0 unspecified atom stereocenters. The Morgan fingerprint density at radius 1 is 0.966 bits per heavy atom. The van der Waals surface area contributed by atoms with Crippen LogP contribution >= 0.6 is 0 Å². The minimum Gasteiger partial charge on any atom is -0.748 e. The fourth-order valence-corrected chi connectivity index (χ4v) is 3.27. The summed E-state index contributed by atoms with van der Waals surface area (Å²) in [5, 5.41) is 4.93. The maximum atomic E-state index is 9.08. The first-order valence-corrected chi connectivity index (χ1v) is 11.7. The van der Waals surface area contributed by atoms with Crippen molar-refractivity contribution in [3.63, 3.8) is 0 Å². The molecule has 1 N–H and O–H groups in total. The van der Waals surface area contributed by atoms with Crippen molar-refractivity contribution < 1.29 is 17.5 Å². The van der Waals surface area contributed by atoms with Crippen LogP contribution in [0.4, 0.5) is 5.69 Å². The van der Waals surface area contributed by atoms with E-state index in [1.807, 2.05) is 0 Å². The van der Waals surface area contributed by atoms with Gasteiger partial charge in [0.05, 0.1) is 26.8 Å². The Labute approximate surface area is 174 Å². The van der Waals surface area contributed by atoms with Gasteiger partial charge in [0.15, 0.2) is 6.20 Å². The van der Waals surface area contributed by atoms with Gasteiger partial charge in [0.1, 0.15) is 7.05 Å². The van der Waals surface area contributed by atoms with Crippen molar-refractivity contribution in [1.82, 2.24) is 0 Å². The number of benzene rings is 2. The number of unbranched alkanes of at least 4 members (excludes halogenated alkanes) is 3. The summed E-state index contributed by atoms with van der Waals surface area (Å²) in [6.07, 6.45) is 7.90. The Hall–Kier alpha value is -2.44. The second kappa shape index (κ2) is 10.9. The summed E-state index contributed by atoms with van der Waals surface area (Å²) in [6, 6.07) is 19.4. The largest absolute Gasteiger partial charge is 0.748 e. The van der Waals surface area contributed by atoms with E-state index in [4.69, 9.17) is 13.0 Å². The highest BCUT2D eigenvalue weighted by atomic mass is 32.2. The second-order valence-corrected chi connectivity index (χ2v) is 8.51. The van der Waals surface area contributed by atoms with Crippen LogP contribution in [0.15, 0.2) is 60.8 Å². The van der Waals surface area contributed by atoms with Crippen LogP contribution in [-0.2, 0) is 17.2 Å². The number of rotatable bonds is 7. The molecule has 0 atom stereocenters. The van der Waals surface area contributed by atoms with E-state index in [1.54, 1.807) is 0 Å². The third-order valence-electron chi connectivity index (χ3n) is 4.57. The lowest BCUT2D eigenvalue weighted by atomic mass is 10.0.